The zero-order valence-electron chi connectivity index (χ0n) is 18.3. The van der Waals surface area contributed by atoms with Crippen LogP contribution in [-0.2, 0) is 11.4 Å². The topological polar surface area (TPSA) is 87.9 Å². The van der Waals surface area contributed by atoms with Crippen LogP contribution in [0.15, 0.2) is 59.1 Å². The van der Waals surface area contributed by atoms with E-state index in [1.54, 1.807) is 54.3 Å². The average molecular weight is 452 g/mol. The summed E-state index contributed by atoms with van der Waals surface area (Å²) in [6.07, 6.45) is 0. The fourth-order valence-corrected chi connectivity index (χ4v) is 3.57. The molecule has 1 aliphatic heterocycles. The Hall–Kier alpha value is -3.72. The van der Waals surface area contributed by atoms with E-state index < -0.39 is 0 Å². The van der Waals surface area contributed by atoms with Crippen LogP contribution in [-0.4, -0.2) is 59.5 Å². The molecule has 0 aliphatic carbocycles. The summed E-state index contributed by atoms with van der Waals surface area (Å²) in [5.41, 5.74) is 1.38. The Balaban J connectivity index is 1.26. The first-order chi connectivity index (χ1) is 16.0. The third kappa shape index (κ3) is 6.17. The van der Waals surface area contributed by atoms with Crippen molar-refractivity contribution in [1.82, 2.24) is 15.0 Å². The molecule has 0 radical (unpaired) electrons. The minimum Gasteiger partial charge on any atom is -0.489 e. The van der Waals surface area contributed by atoms with Gasteiger partial charge in [0.25, 0.3) is 5.91 Å². The molecular formula is C24H25FN4O4. The van der Waals surface area contributed by atoms with Gasteiger partial charge in [-0.3, -0.25) is 14.5 Å². The molecule has 2 aromatic carbocycles. The first-order valence-electron chi connectivity index (χ1n) is 10.7. The van der Waals surface area contributed by atoms with Gasteiger partial charge in [0.15, 0.2) is 5.82 Å². The third-order valence-corrected chi connectivity index (χ3v) is 5.32. The molecule has 1 fully saturated rings. The second kappa shape index (κ2) is 10.3. The Morgan fingerprint density at radius 3 is 2.55 bits per heavy atom. The standard InChI is InChI=1S/C24H25FN4O4/c1-17-13-22(27-33-17)26-23(30)15-28-9-11-29(12-10-28)24(31)19-3-2-4-21(14-19)32-16-18-5-7-20(25)8-6-18/h2-8,13-14H,9-12,15-16H2,1H3,(H,26,27,30). The van der Waals surface area contributed by atoms with E-state index in [9.17, 15) is 14.0 Å². The average Bonchev–Trinajstić information content (AvgIpc) is 3.23. The highest BCUT2D eigenvalue weighted by molar-refractivity contribution is 5.95. The number of nitrogens with one attached hydrogen (secondary N) is 1. The molecule has 172 valence electrons. The van der Waals surface area contributed by atoms with Crippen LogP contribution in [0, 0.1) is 12.7 Å². The zero-order valence-corrected chi connectivity index (χ0v) is 18.3. The predicted octanol–water partition coefficient (Wildman–Crippen LogP) is 3.10. The van der Waals surface area contributed by atoms with E-state index >= 15 is 0 Å². The van der Waals surface area contributed by atoms with Crippen molar-refractivity contribution in [3.8, 4) is 5.75 Å². The fourth-order valence-electron chi connectivity index (χ4n) is 3.57. The van der Waals surface area contributed by atoms with Gasteiger partial charge in [0.1, 0.15) is 23.9 Å². The van der Waals surface area contributed by atoms with Gasteiger partial charge in [-0.25, -0.2) is 4.39 Å². The SMILES string of the molecule is Cc1cc(NC(=O)CN2CCN(C(=O)c3cccc(OCc4ccc(F)cc4)c3)CC2)no1. The summed E-state index contributed by atoms with van der Waals surface area (Å²) >= 11 is 0. The van der Waals surface area contributed by atoms with E-state index in [-0.39, 0.29) is 30.8 Å². The largest absolute Gasteiger partial charge is 0.489 e. The van der Waals surface area contributed by atoms with Crippen LogP contribution in [0.4, 0.5) is 10.2 Å². The van der Waals surface area contributed by atoms with E-state index in [1.165, 1.54) is 12.1 Å². The van der Waals surface area contributed by atoms with E-state index in [4.69, 9.17) is 9.26 Å². The Labute approximate surface area is 190 Å². The number of halogens is 1. The first kappa shape index (κ1) is 22.5. The number of ether oxygens (including phenoxy) is 1. The van der Waals surface area contributed by atoms with Crippen LogP contribution in [0.2, 0.25) is 0 Å². The maximum absolute atomic E-state index is 13.0. The molecule has 3 aromatic rings. The normalized spacial score (nSPS) is 14.2. The molecule has 8 nitrogen and oxygen atoms in total. The number of aryl methyl sites for hydroxylation is 1. The van der Waals surface area contributed by atoms with Crippen molar-refractivity contribution >= 4 is 17.6 Å². The quantitative estimate of drug-likeness (QED) is 0.593. The molecule has 0 spiro atoms. The van der Waals surface area contributed by atoms with Crippen LogP contribution in [0.3, 0.4) is 0 Å². The first-order valence-corrected chi connectivity index (χ1v) is 10.7. The van der Waals surface area contributed by atoms with E-state index in [2.05, 4.69) is 10.5 Å². The Morgan fingerprint density at radius 2 is 1.85 bits per heavy atom. The summed E-state index contributed by atoms with van der Waals surface area (Å²) in [5.74, 6) is 1.05. The summed E-state index contributed by atoms with van der Waals surface area (Å²) in [4.78, 5) is 28.9. The number of hydrogen-bond acceptors (Lipinski definition) is 6. The zero-order chi connectivity index (χ0) is 23.2. The smallest absolute Gasteiger partial charge is 0.254 e. The lowest BCUT2D eigenvalue weighted by atomic mass is 10.1. The predicted molar refractivity (Wildman–Crippen MR) is 119 cm³/mol. The molecular weight excluding hydrogens is 427 g/mol. The lowest BCUT2D eigenvalue weighted by molar-refractivity contribution is -0.117. The van der Waals surface area contributed by atoms with E-state index in [0.29, 0.717) is 49.1 Å². The number of piperazine rings is 1. The second-order valence-corrected chi connectivity index (χ2v) is 7.88. The number of hydrogen-bond donors (Lipinski definition) is 1. The molecule has 0 bridgehead atoms. The maximum atomic E-state index is 13.0. The molecule has 1 saturated heterocycles. The van der Waals surface area contributed by atoms with Crippen molar-refractivity contribution in [3.05, 3.63) is 77.3 Å². The van der Waals surface area contributed by atoms with E-state index in [0.717, 1.165) is 5.56 Å². The van der Waals surface area contributed by atoms with Gasteiger partial charge < -0.3 is 19.5 Å². The molecule has 4 rings (SSSR count). The molecule has 2 amide bonds. The minimum atomic E-state index is -0.294. The van der Waals surface area contributed by atoms with Gasteiger partial charge >= 0.3 is 0 Å². The Kier molecular flexibility index (Phi) is 6.99. The summed E-state index contributed by atoms with van der Waals surface area (Å²) < 4.78 is 23.7. The van der Waals surface area contributed by atoms with Gasteiger partial charge in [-0.1, -0.05) is 23.4 Å². The van der Waals surface area contributed by atoms with Gasteiger partial charge in [0.05, 0.1) is 6.54 Å². The third-order valence-electron chi connectivity index (χ3n) is 5.32. The Morgan fingerprint density at radius 1 is 1.09 bits per heavy atom. The van der Waals surface area contributed by atoms with Crippen molar-refractivity contribution in [2.45, 2.75) is 13.5 Å². The molecule has 1 N–H and O–H groups in total. The van der Waals surface area contributed by atoms with Gasteiger partial charge in [-0.15, -0.1) is 0 Å². The highest BCUT2D eigenvalue weighted by atomic mass is 19.1. The van der Waals surface area contributed by atoms with Crippen molar-refractivity contribution in [3.63, 3.8) is 0 Å². The highest BCUT2D eigenvalue weighted by Crippen LogP contribution is 2.18. The van der Waals surface area contributed by atoms with Crippen LogP contribution in [0.5, 0.6) is 5.75 Å². The number of amides is 2. The number of carbonyl (C=O) groups excluding carboxylic acids is 2. The van der Waals surface area contributed by atoms with Crippen molar-refractivity contribution in [1.29, 1.82) is 0 Å². The molecule has 9 heteroatoms. The number of aromatic nitrogens is 1. The summed E-state index contributed by atoms with van der Waals surface area (Å²) in [5, 5.41) is 6.46. The van der Waals surface area contributed by atoms with E-state index in [1.807, 2.05) is 4.90 Å². The number of nitrogens with zero attached hydrogens (tertiary/aromatic N) is 3. The molecule has 0 atom stereocenters. The maximum Gasteiger partial charge on any atom is 0.254 e. The van der Waals surface area contributed by atoms with Crippen LogP contribution >= 0.6 is 0 Å². The van der Waals surface area contributed by atoms with Crippen LogP contribution < -0.4 is 10.1 Å². The van der Waals surface area contributed by atoms with Crippen LogP contribution in [0.1, 0.15) is 21.7 Å². The van der Waals surface area contributed by atoms with Gasteiger partial charge in [0.2, 0.25) is 5.91 Å². The number of rotatable bonds is 7. The fraction of sp³-hybridized carbons (Fsp3) is 0.292. The highest BCUT2D eigenvalue weighted by Gasteiger charge is 2.24. The molecule has 33 heavy (non-hydrogen) atoms. The van der Waals surface area contributed by atoms with Gasteiger partial charge in [-0.05, 0) is 42.8 Å². The van der Waals surface area contributed by atoms with Crippen molar-refractivity contribution in [2.75, 3.05) is 38.0 Å². The van der Waals surface area contributed by atoms with Gasteiger partial charge in [-0.2, -0.15) is 0 Å². The molecule has 2 heterocycles. The lowest BCUT2D eigenvalue weighted by Crippen LogP contribution is -2.50. The number of anilines is 1. The molecule has 1 aliphatic rings. The molecule has 1 aromatic heterocycles. The molecule has 0 saturated carbocycles. The monoisotopic (exact) mass is 452 g/mol. The van der Waals surface area contributed by atoms with Crippen molar-refractivity contribution in [2.24, 2.45) is 0 Å². The Bertz CT molecular complexity index is 1110. The number of carbonyl (C=O) groups is 2. The second-order valence-electron chi connectivity index (χ2n) is 7.88. The minimum absolute atomic E-state index is 0.0793. The summed E-state index contributed by atoms with van der Waals surface area (Å²) in [6, 6.07) is 14.8. The van der Waals surface area contributed by atoms with Crippen molar-refractivity contribution < 1.29 is 23.2 Å². The number of benzene rings is 2. The van der Waals surface area contributed by atoms with Crippen LogP contribution in [0.25, 0.3) is 0 Å². The summed E-state index contributed by atoms with van der Waals surface area (Å²) in [6.45, 7) is 4.50. The van der Waals surface area contributed by atoms with Gasteiger partial charge in [0, 0.05) is 37.8 Å². The summed E-state index contributed by atoms with van der Waals surface area (Å²) in [7, 11) is 0. The lowest BCUT2D eigenvalue weighted by Gasteiger charge is -2.34. The molecule has 0 unspecified atom stereocenters.